The van der Waals surface area contributed by atoms with Gasteiger partial charge < -0.3 is 14.6 Å². The van der Waals surface area contributed by atoms with Crippen molar-refractivity contribution in [3.05, 3.63) is 71.8 Å². The van der Waals surface area contributed by atoms with E-state index < -0.39 is 6.10 Å². The quantitative estimate of drug-likeness (QED) is 0.805. The van der Waals surface area contributed by atoms with E-state index in [1.54, 1.807) is 16.7 Å². The molecule has 29 heavy (non-hydrogen) atoms. The number of hydrogen-bond acceptors (Lipinski definition) is 4. The second kappa shape index (κ2) is 8.47. The van der Waals surface area contributed by atoms with Gasteiger partial charge in [-0.05, 0) is 11.1 Å². The second-order valence-corrected chi connectivity index (χ2v) is 7.47. The fraction of sp³-hybridized carbons (Fsp3) is 0.348. The monoisotopic (exact) mass is 391 g/mol. The molecule has 6 nitrogen and oxygen atoms in total. The van der Waals surface area contributed by atoms with Gasteiger partial charge in [0.2, 0.25) is 12.0 Å². The lowest BCUT2D eigenvalue weighted by Crippen LogP contribution is -2.52. The molecule has 1 atom stereocenters. The average molecular weight is 391 g/mol. The van der Waals surface area contributed by atoms with Crippen LogP contribution in [-0.2, 0) is 14.4 Å². The summed E-state index contributed by atoms with van der Waals surface area (Å²) in [6.45, 7) is 3.77. The van der Waals surface area contributed by atoms with Gasteiger partial charge in [0.1, 0.15) is 0 Å². The third-order valence-corrected chi connectivity index (χ3v) is 5.60. The number of carbonyl (C=O) groups is 2. The van der Waals surface area contributed by atoms with Gasteiger partial charge in [-0.1, -0.05) is 65.8 Å². The summed E-state index contributed by atoms with van der Waals surface area (Å²) < 4.78 is 0. The van der Waals surface area contributed by atoms with Crippen molar-refractivity contribution in [1.29, 1.82) is 0 Å². The molecule has 0 radical (unpaired) electrons. The molecule has 150 valence electrons. The van der Waals surface area contributed by atoms with Crippen LogP contribution in [0.1, 0.15) is 30.4 Å². The van der Waals surface area contributed by atoms with Gasteiger partial charge in [0.25, 0.3) is 5.91 Å². The van der Waals surface area contributed by atoms with E-state index in [0.717, 1.165) is 16.8 Å². The molecule has 0 N–H and O–H groups in total. The van der Waals surface area contributed by atoms with Gasteiger partial charge in [-0.3, -0.25) is 9.59 Å². The molecule has 2 aliphatic heterocycles. The largest absolute Gasteiger partial charge is 0.382 e. The molecule has 0 saturated carbocycles. The summed E-state index contributed by atoms with van der Waals surface area (Å²) in [4.78, 5) is 33.6. The van der Waals surface area contributed by atoms with Crippen LogP contribution in [0.3, 0.4) is 0 Å². The summed E-state index contributed by atoms with van der Waals surface area (Å²) in [5, 5.41) is 4.33. The zero-order valence-corrected chi connectivity index (χ0v) is 16.5. The summed E-state index contributed by atoms with van der Waals surface area (Å²) >= 11 is 0. The lowest BCUT2D eigenvalue weighted by atomic mass is 9.85. The Morgan fingerprint density at radius 3 is 1.93 bits per heavy atom. The summed E-state index contributed by atoms with van der Waals surface area (Å²) in [5.74, 6) is -0.0371. The lowest BCUT2D eigenvalue weighted by Gasteiger charge is -2.34. The highest BCUT2D eigenvalue weighted by atomic mass is 16.6. The van der Waals surface area contributed by atoms with Crippen molar-refractivity contribution in [2.75, 3.05) is 26.2 Å². The van der Waals surface area contributed by atoms with Crippen molar-refractivity contribution < 1.29 is 14.4 Å². The number of amides is 2. The van der Waals surface area contributed by atoms with Crippen LogP contribution < -0.4 is 0 Å². The fourth-order valence-corrected chi connectivity index (χ4v) is 4.01. The third-order valence-electron chi connectivity index (χ3n) is 5.60. The molecule has 2 aliphatic rings. The minimum atomic E-state index is -0.594. The van der Waals surface area contributed by atoms with Crippen LogP contribution >= 0.6 is 0 Å². The highest BCUT2D eigenvalue weighted by molar-refractivity contribution is 5.98. The number of benzene rings is 2. The summed E-state index contributed by atoms with van der Waals surface area (Å²) in [5.41, 5.74) is 3.12. The fourth-order valence-electron chi connectivity index (χ4n) is 4.01. The van der Waals surface area contributed by atoms with Crippen molar-refractivity contribution in [1.82, 2.24) is 9.80 Å². The van der Waals surface area contributed by atoms with Crippen LogP contribution in [0.5, 0.6) is 0 Å². The number of nitrogens with zero attached hydrogens (tertiary/aromatic N) is 3. The lowest BCUT2D eigenvalue weighted by molar-refractivity contribution is -0.146. The third kappa shape index (κ3) is 4.16. The van der Waals surface area contributed by atoms with Crippen LogP contribution in [-0.4, -0.2) is 59.6 Å². The molecule has 1 fully saturated rings. The van der Waals surface area contributed by atoms with Gasteiger partial charge in [-0.25, -0.2) is 0 Å². The molecular formula is C23H25N3O3. The molecule has 1 unspecified atom stereocenters. The van der Waals surface area contributed by atoms with Crippen LogP contribution in [0.2, 0.25) is 0 Å². The molecule has 0 aromatic heterocycles. The van der Waals surface area contributed by atoms with Gasteiger partial charge in [0, 0.05) is 39.5 Å². The average Bonchev–Trinajstić information content (AvgIpc) is 3.24. The van der Waals surface area contributed by atoms with Crippen molar-refractivity contribution in [3.8, 4) is 0 Å². The van der Waals surface area contributed by atoms with Gasteiger partial charge >= 0.3 is 0 Å². The molecule has 2 aromatic carbocycles. The van der Waals surface area contributed by atoms with E-state index in [4.69, 9.17) is 4.84 Å². The van der Waals surface area contributed by atoms with Crippen LogP contribution in [0.25, 0.3) is 0 Å². The van der Waals surface area contributed by atoms with Crippen molar-refractivity contribution in [2.24, 2.45) is 5.16 Å². The van der Waals surface area contributed by atoms with E-state index >= 15 is 0 Å². The maximum absolute atomic E-state index is 12.9. The molecule has 2 amide bonds. The Hall–Kier alpha value is -3.15. The van der Waals surface area contributed by atoms with E-state index in [1.165, 1.54) is 0 Å². The smallest absolute Gasteiger partial charge is 0.267 e. The van der Waals surface area contributed by atoms with E-state index in [2.05, 4.69) is 29.4 Å². The zero-order chi connectivity index (χ0) is 20.2. The van der Waals surface area contributed by atoms with E-state index in [1.807, 2.05) is 36.4 Å². The Morgan fingerprint density at radius 2 is 1.41 bits per heavy atom. The zero-order valence-electron chi connectivity index (χ0n) is 16.5. The number of piperazine rings is 1. The Kier molecular flexibility index (Phi) is 5.60. The molecule has 1 saturated heterocycles. The highest BCUT2D eigenvalue weighted by Gasteiger charge is 2.36. The van der Waals surface area contributed by atoms with E-state index in [9.17, 15) is 9.59 Å². The van der Waals surface area contributed by atoms with Crippen LogP contribution in [0.4, 0.5) is 0 Å². The maximum Gasteiger partial charge on any atom is 0.267 e. The van der Waals surface area contributed by atoms with Gasteiger partial charge in [-0.15, -0.1) is 0 Å². The predicted molar refractivity (Wildman–Crippen MR) is 110 cm³/mol. The Morgan fingerprint density at radius 1 is 0.897 bits per heavy atom. The summed E-state index contributed by atoms with van der Waals surface area (Å²) in [6, 6.07) is 20.4. The minimum Gasteiger partial charge on any atom is -0.382 e. The maximum atomic E-state index is 12.9. The van der Waals surface area contributed by atoms with Crippen LogP contribution in [0.15, 0.2) is 65.8 Å². The topological polar surface area (TPSA) is 62.2 Å². The standard InChI is InChI=1S/C23H25N3O3/c1-17(27)25-12-14-26(15-13-25)23(28)21-16-20(24-29-21)22(18-8-4-2-5-9-18)19-10-6-3-7-11-19/h2-11,21-22H,12-16H2,1H3. The summed E-state index contributed by atoms with van der Waals surface area (Å²) in [6.07, 6.45) is -0.121. The first-order valence-electron chi connectivity index (χ1n) is 10.0. The molecule has 4 rings (SSSR count). The number of rotatable bonds is 4. The van der Waals surface area contributed by atoms with Crippen molar-refractivity contribution in [2.45, 2.75) is 25.4 Å². The van der Waals surface area contributed by atoms with Gasteiger partial charge in [0.05, 0.1) is 11.6 Å². The van der Waals surface area contributed by atoms with E-state index in [0.29, 0.717) is 32.6 Å². The first kappa shape index (κ1) is 19.2. The van der Waals surface area contributed by atoms with E-state index in [-0.39, 0.29) is 17.7 Å². The molecule has 0 bridgehead atoms. The first-order chi connectivity index (χ1) is 14.1. The van der Waals surface area contributed by atoms with Gasteiger partial charge in [0.15, 0.2) is 0 Å². The Labute approximate surface area is 170 Å². The molecule has 0 spiro atoms. The Balaban J connectivity index is 1.47. The predicted octanol–water partition coefficient (Wildman–Crippen LogP) is 2.65. The normalized spacial score (nSPS) is 19.1. The number of carbonyl (C=O) groups excluding carboxylic acids is 2. The second-order valence-electron chi connectivity index (χ2n) is 7.47. The van der Waals surface area contributed by atoms with Crippen molar-refractivity contribution in [3.63, 3.8) is 0 Å². The SMILES string of the molecule is CC(=O)N1CCN(C(=O)C2CC(C(c3ccccc3)c3ccccc3)=NO2)CC1. The number of hydrogen-bond donors (Lipinski definition) is 0. The van der Waals surface area contributed by atoms with Crippen LogP contribution in [0, 0.1) is 0 Å². The minimum absolute atomic E-state index is 0.0373. The molecular weight excluding hydrogens is 366 g/mol. The molecule has 2 heterocycles. The first-order valence-corrected chi connectivity index (χ1v) is 10.0. The van der Waals surface area contributed by atoms with Gasteiger partial charge in [-0.2, -0.15) is 0 Å². The molecule has 6 heteroatoms. The highest BCUT2D eigenvalue weighted by Crippen LogP contribution is 2.31. The Bertz CT molecular complexity index is 851. The molecule has 2 aromatic rings. The number of oxime groups is 1. The molecule has 0 aliphatic carbocycles. The summed E-state index contributed by atoms with van der Waals surface area (Å²) in [7, 11) is 0. The van der Waals surface area contributed by atoms with Crippen molar-refractivity contribution >= 4 is 17.5 Å².